The Hall–Kier alpha value is -4.25. The molecule has 0 bridgehead atoms. The molecule has 0 unspecified atom stereocenters. The Morgan fingerprint density at radius 1 is 0.590 bits per heavy atom. The molecule has 0 N–H and O–H groups in total. The summed E-state index contributed by atoms with van der Waals surface area (Å²) in [5.74, 6) is 0. The highest BCUT2D eigenvalue weighted by atomic mass is 15.5. The minimum absolute atomic E-state index is 0.987. The molecule has 0 saturated heterocycles. The third-order valence-electron chi connectivity index (χ3n) is 7.71. The first-order valence-electron chi connectivity index (χ1n) is 14.1. The molecule has 200 valence electrons. The van der Waals surface area contributed by atoms with E-state index in [0.29, 0.717) is 0 Å². The minimum atomic E-state index is 0.987. The number of aromatic nitrogens is 1. The molecule has 0 fully saturated rings. The smallest absolute Gasteiger partial charge is 0.0654 e. The summed E-state index contributed by atoms with van der Waals surface area (Å²) >= 11 is 0. The molecule has 0 spiro atoms. The summed E-state index contributed by atoms with van der Waals surface area (Å²) in [6, 6.07) is 32.6. The molecule has 0 saturated carbocycles. The summed E-state index contributed by atoms with van der Waals surface area (Å²) in [6.07, 6.45) is 1.97. The van der Waals surface area contributed by atoms with E-state index in [9.17, 15) is 0 Å². The van der Waals surface area contributed by atoms with Gasteiger partial charge in [0.2, 0.25) is 0 Å². The van der Waals surface area contributed by atoms with Gasteiger partial charge in [-0.2, -0.15) is 5.10 Å². The Balaban J connectivity index is 1.53. The van der Waals surface area contributed by atoms with Crippen molar-refractivity contribution in [2.24, 2.45) is 12.1 Å². The molecule has 5 aromatic rings. The molecule has 0 aliphatic heterocycles. The van der Waals surface area contributed by atoms with Crippen molar-refractivity contribution in [3.63, 3.8) is 0 Å². The highest BCUT2D eigenvalue weighted by Crippen LogP contribution is 2.31. The third kappa shape index (κ3) is 5.22. The first kappa shape index (κ1) is 26.4. The van der Waals surface area contributed by atoms with Gasteiger partial charge in [-0.05, 0) is 100.0 Å². The molecule has 0 aliphatic rings. The number of hydrazone groups is 1. The molecule has 0 amide bonds. The fraction of sp³-hybridized carbons (Fsp3) is 0.265. The van der Waals surface area contributed by atoms with Gasteiger partial charge < -0.3 is 14.4 Å². The van der Waals surface area contributed by atoms with Crippen molar-refractivity contribution in [1.82, 2.24) is 4.57 Å². The number of benzene rings is 4. The lowest BCUT2D eigenvalue weighted by atomic mass is 10.1. The lowest BCUT2D eigenvalue weighted by Gasteiger charge is -2.25. The fourth-order valence-electron chi connectivity index (χ4n) is 5.46. The van der Waals surface area contributed by atoms with E-state index >= 15 is 0 Å². The highest BCUT2D eigenvalue weighted by molar-refractivity contribution is 6.09. The van der Waals surface area contributed by atoms with Crippen LogP contribution in [0.15, 0.2) is 96.1 Å². The van der Waals surface area contributed by atoms with E-state index in [0.717, 1.165) is 43.1 Å². The average molecular weight is 518 g/mol. The molecule has 0 radical (unpaired) electrons. The molecule has 1 aromatic heterocycles. The number of para-hydroxylation sites is 1. The molecule has 5 heteroatoms. The van der Waals surface area contributed by atoms with Crippen LogP contribution in [0.5, 0.6) is 0 Å². The van der Waals surface area contributed by atoms with Crippen LogP contribution in [0.3, 0.4) is 0 Å². The monoisotopic (exact) mass is 517 g/mol. The van der Waals surface area contributed by atoms with E-state index in [4.69, 9.17) is 5.10 Å². The maximum atomic E-state index is 5.03. The Labute approximate surface area is 232 Å². The van der Waals surface area contributed by atoms with Crippen LogP contribution in [0.1, 0.15) is 33.3 Å². The Kier molecular flexibility index (Phi) is 7.87. The quantitative estimate of drug-likeness (QED) is 0.138. The summed E-state index contributed by atoms with van der Waals surface area (Å²) in [7, 11) is 2.13. The predicted octanol–water partition coefficient (Wildman–Crippen LogP) is 8.20. The normalized spacial score (nSPS) is 11.5. The number of anilines is 4. The zero-order valence-corrected chi connectivity index (χ0v) is 23.8. The zero-order valence-electron chi connectivity index (χ0n) is 23.8. The van der Waals surface area contributed by atoms with Gasteiger partial charge in [0.1, 0.15) is 0 Å². The summed E-state index contributed by atoms with van der Waals surface area (Å²) in [6.45, 7) is 12.7. The van der Waals surface area contributed by atoms with Crippen LogP contribution in [0.2, 0.25) is 0 Å². The molecule has 0 atom stereocenters. The largest absolute Gasteiger partial charge is 0.372 e. The van der Waals surface area contributed by atoms with Gasteiger partial charge in [-0.1, -0.05) is 24.3 Å². The highest BCUT2D eigenvalue weighted by Gasteiger charge is 2.12. The molecule has 5 rings (SSSR count). The maximum Gasteiger partial charge on any atom is 0.0654 e. The zero-order chi connectivity index (χ0) is 27.4. The van der Waals surface area contributed by atoms with Gasteiger partial charge in [0.15, 0.2) is 0 Å². The number of aryl methyl sites for hydroxylation is 1. The van der Waals surface area contributed by atoms with Crippen molar-refractivity contribution in [3.8, 4) is 0 Å². The van der Waals surface area contributed by atoms with Gasteiger partial charge in [-0.25, -0.2) is 5.01 Å². The van der Waals surface area contributed by atoms with E-state index in [1.165, 1.54) is 33.2 Å². The fourth-order valence-corrected chi connectivity index (χ4v) is 5.46. The number of hydrogen-bond donors (Lipinski definition) is 0. The number of hydrogen-bond acceptors (Lipinski definition) is 4. The van der Waals surface area contributed by atoms with Crippen LogP contribution < -0.4 is 14.8 Å². The van der Waals surface area contributed by atoms with E-state index in [1.807, 2.05) is 11.2 Å². The van der Waals surface area contributed by atoms with Gasteiger partial charge in [0, 0.05) is 66.4 Å². The van der Waals surface area contributed by atoms with Gasteiger partial charge in [0.25, 0.3) is 0 Å². The summed E-state index contributed by atoms with van der Waals surface area (Å²) in [5.41, 5.74) is 8.06. The Morgan fingerprint density at radius 3 is 1.62 bits per heavy atom. The number of fused-ring (bicyclic) bond motifs is 3. The van der Waals surface area contributed by atoms with Gasteiger partial charge in [-0.15, -0.1) is 0 Å². The van der Waals surface area contributed by atoms with Gasteiger partial charge in [0.05, 0.1) is 17.6 Å². The van der Waals surface area contributed by atoms with Crippen molar-refractivity contribution >= 4 is 50.8 Å². The lowest BCUT2D eigenvalue weighted by molar-refractivity contribution is 0.865. The standard InChI is InChI=1S/C34H39N5/c1-6-37(7-2)27-15-19-29(20-16-27)39(30-21-17-28(18-22-30)38(8-3)9-4)35-25-26-14-23-34-32(24-26)31-12-10-11-13-33(31)36(34)5/h10-25H,6-9H2,1-5H3. The van der Waals surface area contributed by atoms with E-state index in [1.54, 1.807) is 0 Å². The van der Waals surface area contributed by atoms with E-state index in [-0.39, 0.29) is 0 Å². The maximum absolute atomic E-state index is 5.03. The predicted molar refractivity (Wildman–Crippen MR) is 170 cm³/mol. The van der Waals surface area contributed by atoms with Crippen LogP contribution in [0.4, 0.5) is 22.7 Å². The lowest BCUT2D eigenvalue weighted by Crippen LogP contribution is -2.22. The molecule has 39 heavy (non-hydrogen) atoms. The second-order valence-electron chi connectivity index (χ2n) is 9.79. The average Bonchev–Trinajstić information content (AvgIpc) is 3.27. The van der Waals surface area contributed by atoms with Crippen molar-refractivity contribution in [3.05, 3.63) is 96.6 Å². The molecule has 0 aliphatic carbocycles. The van der Waals surface area contributed by atoms with Crippen molar-refractivity contribution in [2.45, 2.75) is 27.7 Å². The van der Waals surface area contributed by atoms with Crippen LogP contribution >= 0.6 is 0 Å². The summed E-state index contributed by atoms with van der Waals surface area (Å²) in [5, 5.41) is 9.58. The molecule has 5 nitrogen and oxygen atoms in total. The Bertz CT molecular complexity index is 1500. The van der Waals surface area contributed by atoms with E-state index < -0.39 is 0 Å². The molecule has 4 aromatic carbocycles. The second kappa shape index (κ2) is 11.6. The molecular weight excluding hydrogens is 478 g/mol. The molecule has 1 heterocycles. The second-order valence-corrected chi connectivity index (χ2v) is 9.79. The minimum Gasteiger partial charge on any atom is -0.372 e. The van der Waals surface area contributed by atoms with Crippen LogP contribution in [0, 0.1) is 0 Å². The van der Waals surface area contributed by atoms with Gasteiger partial charge >= 0.3 is 0 Å². The van der Waals surface area contributed by atoms with Gasteiger partial charge in [-0.3, -0.25) is 0 Å². The summed E-state index contributed by atoms with van der Waals surface area (Å²) < 4.78 is 2.26. The Morgan fingerprint density at radius 2 is 1.08 bits per heavy atom. The van der Waals surface area contributed by atoms with Crippen molar-refractivity contribution < 1.29 is 0 Å². The number of rotatable bonds is 10. The van der Waals surface area contributed by atoms with Crippen LogP contribution in [-0.4, -0.2) is 37.0 Å². The van der Waals surface area contributed by atoms with Crippen molar-refractivity contribution in [1.29, 1.82) is 0 Å². The first-order chi connectivity index (χ1) is 19.1. The topological polar surface area (TPSA) is 27.0 Å². The summed E-state index contributed by atoms with van der Waals surface area (Å²) in [4.78, 5) is 4.71. The SMILES string of the molecule is CCN(CC)c1ccc(N(N=Cc2ccc3c(c2)c2ccccc2n3C)c2ccc(N(CC)CC)cc2)cc1. The molecular formula is C34H39N5. The van der Waals surface area contributed by atoms with E-state index in [2.05, 4.69) is 140 Å². The number of nitrogens with zero attached hydrogens (tertiary/aromatic N) is 5. The third-order valence-corrected chi connectivity index (χ3v) is 7.71. The van der Waals surface area contributed by atoms with Crippen LogP contribution in [-0.2, 0) is 7.05 Å². The van der Waals surface area contributed by atoms with Crippen LogP contribution in [0.25, 0.3) is 21.8 Å². The van der Waals surface area contributed by atoms with Crippen molar-refractivity contribution in [2.75, 3.05) is 41.0 Å². The first-order valence-corrected chi connectivity index (χ1v) is 14.1.